The maximum Gasteiger partial charge on any atom is 0.318 e. The average Bonchev–Trinajstić information content (AvgIpc) is 3.09. The Bertz CT molecular complexity index is 1220. The molecule has 2 aromatic heterocycles. The number of hydrogen-bond donors (Lipinski definition) is 2. The number of fused-ring (bicyclic) bond motifs is 1. The highest BCUT2D eigenvalue weighted by molar-refractivity contribution is 7.92. The summed E-state index contributed by atoms with van der Waals surface area (Å²) in [5, 5.41) is 14.2. The van der Waals surface area contributed by atoms with Crippen LogP contribution in [0.5, 0.6) is 6.01 Å². The number of halogens is 1. The van der Waals surface area contributed by atoms with E-state index in [0.717, 1.165) is 0 Å². The second-order valence-electron chi connectivity index (χ2n) is 5.60. The highest BCUT2D eigenvalue weighted by Crippen LogP contribution is 2.26. The molecule has 27 heavy (non-hydrogen) atoms. The Morgan fingerprint density at radius 3 is 2.41 bits per heavy atom. The van der Waals surface area contributed by atoms with Crippen molar-refractivity contribution in [2.24, 2.45) is 0 Å². The Morgan fingerprint density at radius 1 is 1.00 bits per heavy atom. The molecule has 8 nitrogen and oxygen atoms in total. The third-order valence-electron chi connectivity index (χ3n) is 3.86. The Morgan fingerprint density at radius 2 is 1.70 bits per heavy atom. The summed E-state index contributed by atoms with van der Waals surface area (Å²) in [4.78, 5) is 7.86. The average molecular weight is 402 g/mol. The van der Waals surface area contributed by atoms with Gasteiger partial charge in [-0.2, -0.15) is 14.6 Å². The Hall–Kier alpha value is -3.17. The fraction of sp³-hybridized carbons (Fsp3) is 0. The molecule has 4 rings (SSSR count). The largest absolute Gasteiger partial charge is 0.479 e. The number of anilines is 1. The summed E-state index contributed by atoms with van der Waals surface area (Å²) < 4.78 is 28.7. The van der Waals surface area contributed by atoms with E-state index in [-0.39, 0.29) is 10.9 Å². The van der Waals surface area contributed by atoms with Crippen LogP contribution in [0.3, 0.4) is 0 Å². The van der Waals surface area contributed by atoms with Crippen molar-refractivity contribution in [2.45, 2.75) is 4.90 Å². The number of sulfonamides is 1. The molecule has 0 atom stereocenters. The molecular weight excluding hydrogens is 390 g/mol. The third-order valence-corrected chi connectivity index (χ3v) is 5.51. The first-order chi connectivity index (χ1) is 12.9. The number of nitrogens with one attached hydrogen (secondary N) is 1. The molecule has 0 fully saturated rings. The van der Waals surface area contributed by atoms with Gasteiger partial charge < -0.3 is 5.11 Å². The SMILES string of the molecule is O=S(=O)(Nc1ccc(Cl)cc1)c1ccc(-c2cnn3c(O)ncnc23)cc1. The van der Waals surface area contributed by atoms with Crippen LogP contribution < -0.4 is 4.72 Å². The lowest BCUT2D eigenvalue weighted by molar-refractivity contribution is 0.411. The molecule has 0 unspecified atom stereocenters. The van der Waals surface area contributed by atoms with E-state index in [2.05, 4.69) is 19.8 Å². The van der Waals surface area contributed by atoms with E-state index in [9.17, 15) is 13.5 Å². The minimum Gasteiger partial charge on any atom is -0.479 e. The van der Waals surface area contributed by atoms with Gasteiger partial charge in [-0.1, -0.05) is 23.7 Å². The highest BCUT2D eigenvalue weighted by atomic mass is 35.5. The molecule has 0 radical (unpaired) electrons. The topological polar surface area (TPSA) is 109 Å². The summed E-state index contributed by atoms with van der Waals surface area (Å²) >= 11 is 5.81. The molecule has 2 aromatic carbocycles. The minimum absolute atomic E-state index is 0.107. The van der Waals surface area contributed by atoms with Gasteiger partial charge in [-0.25, -0.2) is 13.4 Å². The molecule has 4 aromatic rings. The number of nitrogens with zero attached hydrogens (tertiary/aromatic N) is 4. The molecule has 0 saturated heterocycles. The molecule has 2 N–H and O–H groups in total. The van der Waals surface area contributed by atoms with Crippen molar-refractivity contribution < 1.29 is 13.5 Å². The fourth-order valence-corrected chi connectivity index (χ4v) is 3.74. The predicted octanol–water partition coefficient (Wildman–Crippen LogP) is 2.95. The number of aromatic nitrogens is 4. The van der Waals surface area contributed by atoms with Crippen LogP contribution in [0.4, 0.5) is 5.69 Å². The van der Waals surface area contributed by atoms with E-state index in [1.165, 1.54) is 29.2 Å². The van der Waals surface area contributed by atoms with Gasteiger partial charge >= 0.3 is 6.01 Å². The minimum atomic E-state index is -3.74. The first-order valence-corrected chi connectivity index (χ1v) is 9.57. The van der Waals surface area contributed by atoms with Crippen LogP contribution in [-0.2, 0) is 10.0 Å². The lowest BCUT2D eigenvalue weighted by atomic mass is 10.1. The maximum absolute atomic E-state index is 12.5. The number of rotatable bonds is 4. The second-order valence-corrected chi connectivity index (χ2v) is 7.72. The van der Waals surface area contributed by atoms with E-state index >= 15 is 0 Å². The van der Waals surface area contributed by atoms with Gasteiger partial charge in [0.15, 0.2) is 5.65 Å². The normalized spacial score (nSPS) is 11.6. The summed E-state index contributed by atoms with van der Waals surface area (Å²) in [7, 11) is -3.74. The number of aromatic hydroxyl groups is 1. The number of benzene rings is 2. The van der Waals surface area contributed by atoms with Crippen molar-refractivity contribution in [1.82, 2.24) is 19.6 Å². The summed E-state index contributed by atoms with van der Waals surface area (Å²) in [6.07, 6.45) is 2.75. The monoisotopic (exact) mass is 401 g/mol. The first kappa shape index (κ1) is 17.3. The first-order valence-electron chi connectivity index (χ1n) is 7.70. The van der Waals surface area contributed by atoms with Crippen molar-refractivity contribution >= 4 is 33.0 Å². The predicted molar refractivity (Wildman–Crippen MR) is 100 cm³/mol. The highest BCUT2D eigenvalue weighted by Gasteiger charge is 2.16. The van der Waals surface area contributed by atoms with Gasteiger partial charge in [0, 0.05) is 16.3 Å². The van der Waals surface area contributed by atoms with Crippen molar-refractivity contribution in [2.75, 3.05) is 4.72 Å². The van der Waals surface area contributed by atoms with Crippen LogP contribution in [-0.4, -0.2) is 33.1 Å². The molecule has 0 aliphatic carbocycles. The zero-order chi connectivity index (χ0) is 19.0. The molecule has 0 spiro atoms. The molecule has 136 valence electrons. The lowest BCUT2D eigenvalue weighted by Crippen LogP contribution is -2.12. The summed E-state index contributed by atoms with van der Waals surface area (Å²) in [6, 6.07) is 12.3. The van der Waals surface area contributed by atoms with E-state index < -0.39 is 10.0 Å². The van der Waals surface area contributed by atoms with Crippen LogP contribution in [0.2, 0.25) is 5.02 Å². The molecule has 0 saturated carbocycles. The van der Waals surface area contributed by atoms with E-state index in [1.54, 1.807) is 36.4 Å². The standard InChI is InChI=1S/C17H12ClN5O3S/c18-12-3-5-13(6-4-12)22-27(25,26)14-7-1-11(2-8-14)15-9-21-23-16(15)19-10-20-17(23)24/h1-10,22H,(H,19,20,24). The van der Waals surface area contributed by atoms with Gasteiger partial charge in [-0.05, 0) is 42.0 Å². The molecule has 2 heterocycles. The van der Waals surface area contributed by atoms with Crippen LogP contribution >= 0.6 is 11.6 Å². The van der Waals surface area contributed by atoms with Crippen LogP contribution in [0, 0.1) is 0 Å². The lowest BCUT2D eigenvalue weighted by Gasteiger charge is -2.09. The van der Waals surface area contributed by atoms with Crippen LogP contribution in [0.1, 0.15) is 0 Å². The summed E-state index contributed by atoms with van der Waals surface area (Å²) in [6.45, 7) is 0. The molecule has 0 bridgehead atoms. The van der Waals surface area contributed by atoms with Gasteiger partial charge in [-0.15, -0.1) is 0 Å². The van der Waals surface area contributed by atoms with Gasteiger partial charge in [-0.3, -0.25) is 4.72 Å². The van der Waals surface area contributed by atoms with Crippen molar-refractivity contribution in [3.05, 3.63) is 66.1 Å². The van der Waals surface area contributed by atoms with Gasteiger partial charge in [0.2, 0.25) is 0 Å². The van der Waals surface area contributed by atoms with Gasteiger partial charge in [0.05, 0.1) is 11.1 Å². The molecule has 0 amide bonds. The smallest absolute Gasteiger partial charge is 0.318 e. The van der Waals surface area contributed by atoms with Gasteiger partial charge in [0.25, 0.3) is 10.0 Å². The van der Waals surface area contributed by atoms with E-state index in [0.29, 0.717) is 27.5 Å². The molecule has 0 aliphatic rings. The Labute approximate surface area is 159 Å². The quantitative estimate of drug-likeness (QED) is 0.544. The van der Waals surface area contributed by atoms with Crippen molar-refractivity contribution in [3.8, 4) is 17.1 Å². The van der Waals surface area contributed by atoms with Crippen LogP contribution in [0.25, 0.3) is 16.8 Å². The Kier molecular flexibility index (Phi) is 4.17. The summed E-state index contributed by atoms with van der Waals surface area (Å²) in [5.74, 6) is 0. The molecule has 0 aliphatic heterocycles. The second kappa shape index (κ2) is 6.53. The van der Waals surface area contributed by atoms with Crippen LogP contribution in [0.15, 0.2) is 66.0 Å². The zero-order valence-electron chi connectivity index (χ0n) is 13.6. The van der Waals surface area contributed by atoms with Gasteiger partial charge in [0.1, 0.15) is 6.33 Å². The maximum atomic E-state index is 12.5. The third kappa shape index (κ3) is 3.29. The summed E-state index contributed by atoms with van der Waals surface area (Å²) in [5.41, 5.74) is 2.17. The number of hydrogen-bond acceptors (Lipinski definition) is 6. The molecular formula is C17H12ClN5O3S. The fourth-order valence-electron chi connectivity index (χ4n) is 2.55. The zero-order valence-corrected chi connectivity index (χ0v) is 15.2. The van der Waals surface area contributed by atoms with E-state index in [4.69, 9.17) is 11.6 Å². The van der Waals surface area contributed by atoms with E-state index in [1.807, 2.05) is 0 Å². The Balaban J connectivity index is 1.65. The van der Waals surface area contributed by atoms with Crippen molar-refractivity contribution in [1.29, 1.82) is 0 Å². The molecule has 10 heteroatoms. The van der Waals surface area contributed by atoms with Crippen molar-refractivity contribution in [3.63, 3.8) is 0 Å².